The minimum atomic E-state index is -0.0751. The van der Waals surface area contributed by atoms with Crippen LogP contribution in [0.3, 0.4) is 0 Å². The highest BCUT2D eigenvalue weighted by Gasteiger charge is 2.05. The molecule has 3 heteroatoms. The van der Waals surface area contributed by atoms with Crippen LogP contribution in [0.5, 0.6) is 0 Å². The number of anilines is 1. The van der Waals surface area contributed by atoms with Gasteiger partial charge in [-0.25, -0.2) is 0 Å². The average molecular weight is 240 g/mol. The second-order valence-corrected chi connectivity index (χ2v) is 4.17. The molecule has 0 bridgehead atoms. The molecule has 2 rings (SSSR count). The zero-order chi connectivity index (χ0) is 13.0. The lowest BCUT2D eigenvalue weighted by molar-refractivity contribution is -0.112. The van der Waals surface area contributed by atoms with Crippen LogP contribution in [-0.4, -0.2) is 10.9 Å². The fraction of sp³-hybridized carbons (Fsp3) is 0.200. The van der Waals surface area contributed by atoms with Gasteiger partial charge in [-0.1, -0.05) is 31.2 Å². The van der Waals surface area contributed by atoms with Crippen LogP contribution in [0.4, 0.5) is 5.69 Å². The molecule has 1 aromatic heterocycles. The van der Waals surface area contributed by atoms with Crippen LogP contribution in [0.25, 0.3) is 10.9 Å². The Kier molecular flexibility index (Phi) is 3.72. The summed E-state index contributed by atoms with van der Waals surface area (Å²) in [6.45, 7) is 3.82. The SMILES string of the molecule is CC/C=C(/C)C(=O)Nc1cnc2ccccc2c1. The summed E-state index contributed by atoms with van der Waals surface area (Å²) in [6, 6.07) is 9.76. The van der Waals surface area contributed by atoms with Gasteiger partial charge in [0.2, 0.25) is 0 Å². The van der Waals surface area contributed by atoms with Gasteiger partial charge in [0.15, 0.2) is 0 Å². The van der Waals surface area contributed by atoms with Crippen LogP contribution in [0.1, 0.15) is 20.3 Å². The van der Waals surface area contributed by atoms with Gasteiger partial charge in [-0.15, -0.1) is 0 Å². The van der Waals surface area contributed by atoms with Gasteiger partial charge in [-0.2, -0.15) is 0 Å². The van der Waals surface area contributed by atoms with Crippen LogP contribution in [0.2, 0.25) is 0 Å². The number of amides is 1. The van der Waals surface area contributed by atoms with Crippen molar-refractivity contribution in [3.63, 3.8) is 0 Å². The first-order valence-electron chi connectivity index (χ1n) is 6.03. The lowest BCUT2D eigenvalue weighted by Gasteiger charge is -2.06. The molecule has 0 spiro atoms. The quantitative estimate of drug-likeness (QED) is 0.834. The zero-order valence-corrected chi connectivity index (χ0v) is 10.6. The third-order valence-electron chi connectivity index (χ3n) is 2.72. The standard InChI is InChI=1S/C15H16N2O/c1-3-6-11(2)15(18)17-13-9-12-7-4-5-8-14(12)16-10-13/h4-10H,3H2,1-2H3,(H,17,18)/b11-6-. The van der Waals surface area contributed by atoms with Crippen LogP contribution in [0.15, 0.2) is 48.2 Å². The van der Waals surface area contributed by atoms with E-state index in [2.05, 4.69) is 10.3 Å². The molecule has 0 atom stereocenters. The van der Waals surface area contributed by atoms with E-state index >= 15 is 0 Å². The number of carbonyl (C=O) groups is 1. The minimum Gasteiger partial charge on any atom is -0.321 e. The van der Waals surface area contributed by atoms with Crippen LogP contribution < -0.4 is 5.32 Å². The Balaban J connectivity index is 2.22. The summed E-state index contributed by atoms with van der Waals surface area (Å²) in [5.74, 6) is -0.0751. The molecule has 0 unspecified atom stereocenters. The van der Waals surface area contributed by atoms with Crippen molar-refractivity contribution in [1.29, 1.82) is 0 Å². The van der Waals surface area contributed by atoms with Crippen molar-refractivity contribution >= 4 is 22.5 Å². The van der Waals surface area contributed by atoms with Crippen molar-refractivity contribution < 1.29 is 4.79 Å². The third-order valence-corrected chi connectivity index (χ3v) is 2.72. The van der Waals surface area contributed by atoms with Crippen molar-refractivity contribution in [3.8, 4) is 0 Å². The van der Waals surface area contributed by atoms with Gasteiger partial charge in [0, 0.05) is 11.0 Å². The lowest BCUT2D eigenvalue weighted by Crippen LogP contribution is -2.12. The molecule has 3 nitrogen and oxygen atoms in total. The molecule has 0 saturated carbocycles. The second-order valence-electron chi connectivity index (χ2n) is 4.17. The molecular formula is C15H16N2O. The molecule has 0 radical (unpaired) electrons. The molecule has 0 aliphatic heterocycles. The van der Waals surface area contributed by atoms with Crippen LogP contribution >= 0.6 is 0 Å². The molecule has 0 aliphatic carbocycles. The Morgan fingerprint density at radius 3 is 2.94 bits per heavy atom. The predicted octanol–water partition coefficient (Wildman–Crippen LogP) is 3.53. The first-order valence-corrected chi connectivity index (χ1v) is 6.03. The number of aromatic nitrogens is 1. The minimum absolute atomic E-state index is 0.0751. The maximum Gasteiger partial charge on any atom is 0.251 e. The van der Waals surface area contributed by atoms with E-state index in [1.54, 1.807) is 6.20 Å². The van der Waals surface area contributed by atoms with E-state index in [1.807, 2.05) is 50.3 Å². The third kappa shape index (κ3) is 2.74. The number of rotatable bonds is 3. The van der Waals surface area contributed by atoms with Gasteiger partial charge in [0.05, 0.1) is 17.4 Å². The van der Waals surface area contributed by atoms with E-state index in [0.29, 0.717) is 0 Å². The highest BCUT2D eigenvalue weighted by atomic mass is 16.1. The van der Waals surface area contributed by atoms with Crippen LogP contribution in [-0.2, 0) is 4.79 Å². The number of nitrogens with zero attached hydrogens (tertiary/aromatic N) is 1. The second kappa shape index (κ2) is 5.45. The van der Waals surface area contributed by atoms with Gasteiger partial charge in [-0.3, -0.25) is 9.78 Å². The normalized spacial score (nSPS) is 11.6. The molecular weight excluding hydrogens is 224 g/mol. The highest BCUT2D eigenvalue weighted by molar-refractivity contribution is 6.03. The molecule has 1 heterocycles. The fourth-order valence-electron chi connectivity index (χ4n) is 1.77. The average Bonchev–Trinajstić information content (AvgIpc) is 2.39. The number of nitrogens with one attached hydrogen (secondary N) is 1. The Morgan fingerprint density at radius 1 is 1.39 bits per heavy atom. The van der Waals surface area contributed by atoms with Gasteiger partial charge in [-0.05, 0) is 25.5 Å². The largest absolute Gasteiger partial charge is 0.321 e. The summed E-state index contributed by atoms with van der Waals surface area (Å²) in [4.78, 5) is 16.1. The molecule has 2 aromatic rings. The zero-order valence-electron chi connectivity index (χ0n) is 10.6. The number of hydrogen-bond donors (Lipinski definition) is 1. The number of carbonyl (C=O) groups excluding carboxylic acids is 1. The summed E-state index contributed by atoms with van der Waals surface area (Å²) in [7, 11) is 0. The van der Waals surface area contributed by atoms with E-state index in [-0.39, 0.29) is 5.91 Å². The summed E-state index contributed by atoms with van der Waals surface area (Å²) < 4.78 is 0. The maximum atomic E-state index is 11.8. The molecule has 0 saturated heterocycles. The first kappa shape index (κ1) is 12.3. The summed E-state index contributed by atoms with van der Waals surface area (Å²) in [5.41, 5.74) is 2.38. The van der Waals surface area contributed by atoms with E-state index in [1.165, 1.54) is 0 Å². The summed E-state index contributed by atoms with van der Waals surface area (Å²) >= 11 is 0. The van der Waals surface area contributed by atoms with Crippen molar-refractivity contribution in [1.82, 2.24) is 4.98 Å². The van der Waals surface area contributed by atoms with Crippen molar-refractivity contribution in [2.75, 3.05) is 5.32 Å². The number of fused-ring (bicyclic) bond motifs is 1. The van der Waals surface area contributed by atoms with E-state index in [4.69, 9.17) is 0 Å². The molecule has 1 amide bonds. The number of para-hydroxylation sites is 1. The topological polar surface area (TPSA) is 42.0 Å². The maximum absolute atomic E-state index is 11.8. The monoisotopic (exact) mass is 240 g/mol. The first-order chi connectivity index (χ1) is 8.70. The molecule has 0 aliphatic rings. The van der Waals surface area contributed by atoms with Crippen molar-refractivity contribution in [3.05, 3.63) is 48.2 Å². The smallest absolute Gasteiger partial charge is 0.251 e. The number of pyridine rings is 1. The highest BCUT2D eigenvalue weighted by Crippen LogP contribution is 2.16. The molecule has 1 N–H and O–H groups in total. The van der Waals surface area contributed by atoms with Crippen molar-refractivity contribution in [2.45, 2.75) is 20.3 Å². The van der Waals surface area contributed by atoms with E-state index < -0.39 is 0 Å². The fourth-order valence-corrected chi connectivity index (χ4v) is 1.77. The molecule has 92 valence electrons. The predicted molar refractivity (Wildman–Crippen MR) is 74.4 cm³/mol. The molecule has 1 aromatic carbocycles. The Morgan fingerprint density at radius 2 is 2.17 bits per heavy atom. The Labute approximate surface area is 107 Å². The summed E-state index contributed by atoms with van der Waals surface area (Å²) in [6.07, 6.45) is 4.44. The number of hydrogen-bond acceptors (Lipinski definition) is 2. The molecule has 18 heavy (non-hydrogen) atoms. The number of benzene rings is 1. The van der Waals surface area contributed by atoms with Crippen LogP contribution in [0, 0.1) is 0 Å². The van der Waals surface area contributed by atoms with Gasteiger partial charge in [0.25, 0.3) is 5.91 Å². The van der Waals surface area contributed by atoms with Gasteiger partial charge < -0.3 is 5.32 Å². The van der Waals surface area contributed by atoms with Crippen molar-refractivity contribution in [2.24, 2.45) is 0 Å². The van der Waals surface area contributed by atoms with Gasteiger partial charge >= 0.3 is 0 Å². The van der Waals surface area contributed by atoms with E-state index in [0.717, 1.165) is 28.6 Å². The van der Waals surface area contributed by atoms with E-state index in [9.17, 15) is 4.79 Å². The Bertz CT molecular complexity index is 602. The summed E-state index contributed by atoms with van der Waals surface area (Å²) in [5, 5.41) is 3.87. The number of allylic oxidation sites excluding steroid dienone is 1. The molecule has 0 fully saturated rings. The Hall–Kier alpha value is -2.16. The lowest BCUT2D eigenvalue weighted by atomic mass is 10.2. The van der Waals surface area contributed by atoms with Gasteiger partial charge in [0.1, 0.15) is 0 Å².